The molecule has 43 heavy (non-hydrogen) atoms. The lowest BCUT2D eigenvalue weighted by Crippen LogP contribution is -2.51. The van der Waals surface area contributed by atoms with Crippen LogP contribution in [0, 0.1) is 0 Å². The van der Waals surface area contributed by atoms with E-state index in [1.54, 1.807) is 36.4 Å². The standard InChI is InChI=1S/C31H35Cl2N3O6S/c1-21(2)34-31(38)27(17-22-8-5-4-6-9-22)35(19-23-11-13-25(32)26(33)16-23)30(37)10-7-15-36(43(3,39)40)24-12-14-28-29(18-24)42-20-41-28/h4-6,8-9,11-14,16,18,21,27H,7,10,15,17,19-20H2,1-3H3,(H,34,38)/t27-/m1/s1. The molecular formula is C31H35Cl2N3O6S. The van der Waals surface area contributed by atoms with Crippen molar-refractivity contribution in [3.63, 3.8) is 0 Å². The van der Waals surface area contributed by atoms with Gasteiger partial charge in [-0.25, -0.2) is 8.42 Å². The molecule has 3 aromatic rings. The van der Waals surface area contributed by atoms with Gasteiger partial charge in [-0.2, -0.15) is 0 Å². The third-order valence-corrected chi connectivity index (χ3v) is 8.77. The van der Waals surface area contributed by atoms with E-state index >= 15 is 0 Å². The molecule has 0 saturated carbocycles. The molecule has 0 unspecified atom stereocenters. The van der Waals surface area contributed by atoms with Gasteiger partial charge in [0.2, 0.25) is 28.6 Å². The molecule has 230 valence electrons. The number of hydrogen-bond acceptors (Lipinski definition) is 6. The zero-order chi connectivity index (χ0) is 31.1. The van der Waals surface area contributed by atoms with Crippen molar-refractivity contribution in [2.24, 2.45) is 0 Å². The summed E-state index contributed by atoms with van der Waals surface area (Å²) in [7, 11) is -3.67. The van der Waals surface area contributed by atoms with Gasteiger partial charge in [0.1, 0.15) is 6.04 Å². The van der Waals surface area contributed by atoms with Gasteiger partial charge in [-0.15, -0.1) is 0 Å². The van der Waals surface area contributed by atoms with Gasteiger partial charge in [0.15, 0.2) is 11.5 Å². The Balaban J connectivity index is 1.59. The molecule has 0 bridgehead atoms. The van der Waals surface area contributed by atoms with Crippen molar-refractivity contribution in [2.75, 3.05) is 23.9 Å². The van der Waals surface area contributed by atoms with Gasteiger partial charge in [0, 0.05) is 38.0 Å². The van der Waals surface area contributed by atoms with Crippen molar-refractivity contribution >= 4 is 50.7 Å². The highest BCUT2D eigenvalue weighted by molar-refractivity contribution is 7.92. The molecular weight excluding hydrogens is 613 g/mol. The average molecular weight is 649 g/mol. The smallest absolute Gasteiger partial charge is 0.243 e. The minimum absolute atomic E-state index is 0.00184. The monoisotopic (exact) mass is 647 g/mol. The fourth-order valence-corrected chi connectivity index (χ4v) is 6.09. The maximum Gasteiger partial charge on any atom is 0.243 e. The fraction of sp³-hybridized carbons (Fsp3) is 0.355. The first kappa shape index (κ1) is 32.4. The average Bonchev–Trinajstić information content (AvgIpc) is 3.42. The Morgan fingerprint density at radius 3 is 2.33 bits per heavy atom. The summed E-state index contributed by atoms with van der Waals surface area (Å²) in [6, 6.07) is 18.5. The molecule has 9 nitrogen and oxygen atoms in total. The molecule has 2 amide bonds. The molecule has 12 heteroatoms. The number of rotatable bonds is 13. The molecule has 1 heterocycles. The van der Waals surface area contributed by atoms with E-state index in [1.807, 2.05) is 44.2 Å². The van der Waals surface area contributed by atoms with Crippen molar-refractivity contribution in [2.45, 2.75) is 51.7 Å². The van der Waals surface area contributed by atoms with E-state index in [0.717, 1.165) is 11.8 Å². The molecule has 1 N–H and O–H groups in total. The summed E-state index contributed by atoms with van der Waals surface area (Å²) in [5.41, 5.74) is 2.01. The fourth-order valence-electron chi connectivity index (χ4n) is 4.81. The second kappa shape index (κ2) is 14.3. The normalized spacial score (nSPS) is 13.1. The van der Waals surface area contributed by atoms with Gasteiger partial charge in [0.25, 0.3) is 0 Å². The van der Waals surface area contributed by atoms with E-state index in [4.69, 9.17) is 32.7 Å². The summed E-state index contributed by atoms with van der Waals surface area (Å²) < 4.78 is 37.4. The van der Waals surface area contributed by atoms with Crippen LogP contribution in [0.1, 0.15) is 37.8 Å². The van der Waals surface area contributed by atoms with Crippen LogP contribution < -0.4 is 19.1 Å². The van der Waals surface area contributed by atoms with Gasteiger partial charge in [-0.1, -0.05) is 59.6 Å². The minimum atomic E-state index is -3.67. The highest BCUT2D eigenvalue weighted by Gasteiger charge is 2.31. The highest BCUT2D eigenvalue weighted by Crippen LogP contribution is 2.36. The molecule has 4 rings (SSSR count). The molecule has 0 spiro atoms. The quantitative estimate of drug-likeness (QED) is 0.265. The third kappa shape index (κ3) is 8.78. The number of halogens is 2. The second-order valence-electron chi connectivity index (χ2n) is 10.6. The third-order valence-electron chi connectivity index (χ3n) is 6.84. The summed E-state index contributed by atoms with van der Waals surface area (Å²) in [6.07, 6.45) is 1.61. The van der Waals surface area contributed by atoms with E-state index in [-0.39, 0.29) is 50.6 Å². The van der Waals surface area contributed by atoms with E-state index in [0.29, 0.717) is 39.2 Å². The Labute approximate surface area is 262 Å². The first-order chi connectivity index (χ1) is 20.4. The number of anilines is 1. The molecule has 1 aliphatic rings. The second-order valence-corrected chi connectivity index (χ2v) is 13.3. The van der Waals surface area contributed by atoms with Gasteiger partial charge < -0.3 is 19.7 Å². The van der Waals surface area contributed by atoms with Crippen LogP contribution in [0.4, 0.5) is 5.69 Å². The molecule has 0 radical (unpaired) electrons. The number of sulfonamides is 1. The van der Waals surface area contributed by atoms with Gasteiger partial charge >= 0.3 is 0 Å². The molecule has 0 fully saturated rings. The number of fused-ring (bicyclic) bond motifs is 1. The molecule has 3 aromatic carbocycles. The van der Waals surface area contributed by atoms with Crippen LogP contribution in [-0.2, 0) is 32.6 Å². The molecule has 1 aliphatic heterocycles. The van der Waals surface area contributed by atoms with Gasteiger partial charge in [0.05, 0.1) is 22.0 Å². The zero-order valence-corrected chi connectivity index (χ0v) is 26.6. The minimum Gasteiger partial charge on any atom is -0.454 e. The van der Waals surface area contributed by atoms with E-state index < -0.39 is 16.1 Å². The van der Waals surface area contributed by atoms with Crippen LogP contribution in [0.25, 0.3) is 0 Å². The summed E-state index contributed by atoms with van der Waals surface area (Å²) in [5, 5.41) is 3.67. The first-order valence-electron chi connectivity index (χ1n) is 13.9. The first-order valence-corrected chi connectivity index (χ1v) is 16.5. The molecule has 1 atom stereocenters. The van der Waals surface area contributed by atoms with Crippen LogP contribution in [0.15, 0.2) is 66.7 Å². The van der Waals surface area contributed by atoms with E-state index in [2.05, 4.69) is 5.32 Å². The van der Waals surface area contributed by atoms with E-state index in [1.165, 1.54) is 9.21 Å². The molecule has 0 aromatic heterocycles. The molecule has 0 aliphatic carbocycles. The number of nitrogens with zero attached hydrogens (tertiary/aromatic N) is 2. The lowest BCUT2D eigenvalue weighted by Gasteiger charge is -2.32. The summed E-state index contributed by atoms with van der Waals surface area (Å²) >= 11 is 12.4. The van der Waals surface area contributed by atoms with Crippen LogP contribution >= 0.6 is 23.2 Å². The number of ether oxygens (including phenoxy) is 2. The zero-order valence-electron chi connectivity index (χ0n) is 24.3. The molecule has 0 saturated heterocycles. The Bertz CT molecular complexity index is 1550. The maximum absolute atomic E-state index is 13.9. The number of carbonyl (C=O) groups is 2. The number of nitrogens with one attached hydrogen (secondary N) is 1. The number of carbonyl (C=O) groups excluding carboxylic acids is 2. The number of amides is 2. The number of benzene rings is 3. The van der Waals surface area contributed by atoms with Gasteiger partial charge in [-0.3, -0.25) is 13.9 Å². The Hall–Kier alpha value is -3.47. The van der Waals surface area contributed by atoms with Gasteiger partial charge in [-0.05, 0) is 55.7 Å². The summed E-state index contributed by atoms with van der Waals surface area (Å²) in [4.78, 5) is 29.0. The SMILES string of the molecule is CC(C)NC(=O)[C@@H](Cc1ccccc1)N(Cc1ccc(Cl)c(Cl)c1)C(=O)CCCN(c1ccc2c(c1)OCO2)S(C)(=O)=O. The van der Waals surface area contributed by atoms with Crippen LogP contribution in [0.2, 0.25) is 10.0 Å². The van der Waals surface area contributed by atoms with Crippen LogP contribution in [0.5, 0.6) is 11.5 Å². The maximum atomic E-state index is 13.9. The van der Waals surface area contributed by atoms with Crippen LogP contribution in [0.3, 0.4) is 0 Å². The predicted octanol–water partition coefficient (Wildman–Crippen LogP) is 5.43. The van der Waals surface area contributed by atoms with Crippen molar-refractivity contribution in [1.29, 1.82) is 0 Å². The van der Waals surface area contributed by atoms with E-state index in [9.17, 15) is 18.0 Å². The summed E-state index contributed by atoms with van der Waals surface area (Å²) in [6.45, 7) is 3.94. The highest BCUT2D eigenvalue weighted by atomic mass is 35.5. The van der Waals surface area contributed by atoms with Crippen molar-refractivity contribution in [3.8, 4) is 11.5 Å². The summed E-state index contributed by atoms with van der Waals surface area (Å²) in [5.74, 6) is 0.403. The largest absolute Gasteiger partial charge is 0.454 e. The lowest BCUT2D eigenvalue weighted by molar-refractivity contribution is -0.141. The van der Waals surface area contributed by atoms with Crippen LogP contribution in [-0.4, -0.2) is 56.8 Å². The van der Waals surface area contributed by atoms with Crippen molar-refractivity contribution in [1.82, 2.24) is 10.2 Å². The topological polar surface area (TPSA) is 105 Å². The van der Waals surface area contributed by atoms with Crippen molar-refractivity contribution in [3.05, 3.63) is 87.9 Å². The Kier molecular flexibility index (Phi) is 10.8. The number of hydrogen-bond donors (Lipinski definition) is 1. The van der Waals surface area contributed by atoms with Crippen molar-refractivity contribution < 1.29 is 27.5 Å². The Morgan fingerprint density at radius 1 is 0.930 bits per heavy atom. The lowest BCUT2D eigenvalue weighted by atomic mass is 10.0. The predicted molar refractivity (Wildman–Crippen MR) is 168 cm³/mol. The Morgan fingerprint density at radius 2 is 1.65 bits per heavy atom.